The minimum absolute atomic E-state index is 1.01. The van der Waals surface area contributed by atoms with Gasteiger partial charge in [-0.1, -0.05) is 46.3 Å². The van der Waals surface area contributed by atoms with Gasteiger partial charge in [0.25, 0.3) is 0 Å². The van der Waals surface area contributed by atoms with Gasteiger partial charge in [0.15, 0.2) is 0 Å². The van der Waals surface area contributed by atoms with Crippen LogP contribution in [0, 0.1) is 6.92 Å². The van der Waals surface area contributed by atoms with E-state index in [1.165, 1.54) is 33.3 Å². The van der Waals surface area contributed by atoms with Crippen LogP contribution in [0.2, 0.25) is 0 Å². The van der Waals surface area contributed by atoms with Crippen LogP contribution in [0.15, 0.2) is 46.9 Å². The third kappa shape index (κ3) is 2.17. The number of aryl methyl sites for hydroxylation is 1. The summed E-state index contributed by atoms with van der Waals surface area (Å²) in [6, 6.07) is 15.3. The molecule has 0 unspecified atom stereocenters. The van der Waals surface area contributed by atoms with Crippen LogP contribution in [0.5, 0.6) is 0 Å². The highest BCUT2D eigenvalue weighted by atomic mass is 79.9. The van der Waals surface area contributed by atoms with E-state index in [1.54, 1.807) is 0 Å². The Morgan fingerprint density at radius 2 is 2.00 bits per heavy atom. The van der Waals surface area contributed by atoms with E-state index in [4.69, 9.17) is 0 Å². The molecule has 3 rings (SSSR count). The molecule has 18 heavy (non-hydrogen) atoms. The Morgan fingerprint density at radius 3 is 2.83 bits per heavy atom. The number of para-hydroxylation sites is 1. The van der Waals surface area contributed by atoms with Gasteiger partial charge >= 0.3 is 0 Å². The van der Waals surface area contributed by atoms with Crippen molar-refractivity contribution in [3.63, 3.8) is 0 Å². The summed E-state index contributed by atoms with van der Waals surface area (Å²) in [6.07, 6.45) is 1.17. The second-order valence-electron chi connectivity index (χ2n) is 4.88. The normalized spacial score (nSPS) is 13.8. The Labute approximate surface area is 117 Å². The summed E-state index contributed by atoms with van der Waals surface area (Å²) >= 11 is 3.55. The molecule has 0 bridgehead atoms. The second-order valence-corrected chi connectivity index (χ2v) is 5.74. The molecule has 0 N–H and O–H groups in total. The van der Waals surface area contributed by atoms with Gasteiger partial charge in [-0.3, -0.25) is 0 Å². The summed E-state index contributed by atoms with van der Waals surface area (Å²) in [6.45, 7) is 4.28. The molecular formula is C16H16BrN. The van der Waals surface area contributed by atoms with Gasteiger partial charge in [0, 0.05) is 23.2 Å². The second kappa shape index (κ2) is 4.77. The molecule has 0 saturated heterocycles. The van der Waals surface area contributed by atoms with Crippen LogP contribution in [-0.4, -0.2) is 6.54 Å². The van der Waals surface area contributed by atoms with Crippen molar-refractivity contribution in [2.75, 3.05) is 11.4 Å². The average molecular weight is 302 g/mol. The minimum Gasteiger partial charge on any atom is -0.367 e. The third-order valence-corrected chi connectivity index (χ3v) is 4.47. The maximum absolute atomic E-state index is 3.55. The molecule has 0 amide bonds. The topological polar surface area (TPSA) is 3.24 Å². The number of rotatable bonds is 2. The smallest absolute Gasteiger partial charge is 0.0429 e. The SMILES string of the molecule is Cc1cc(CN2CCc3ccccc32)ccc1Br. The lowest BCUT2D eigenvalue weighted by Crippen LogP contribution is -2.19. The zero-order chi connectivity index (χ0) is 12.5. The fourth-order valence-electron chi connectivity index (χ4n) is 2.60. The Kier molecular flexibility index (Phi) is 3.13. The lowest BCUT2D eigenvalue weighted by molar-refractivity contribution is 0.835. The van der Waals surface area contributed by atoms with Gasteiger partial charge in [-0.2, -0.15) is 0 Å². The highest BCUT2D eigenvalue weighted by Gasteiger charge is 2.18. The standard InChI is InChI=1S/C16H16BrN/c1-12-10-13(6-7-15(12)17)11-18-9-8-14-4-2-3-5-16(14)18/h2-7,10H,8-9,11H2,1H3. The number of halogens is 1. The van der Waals surface area contributed by atoms with Crippen molar-refractivity contribution in [1.29, 1.82) is 0 Å². The first-order valence-corrected chi connectivity index (χ1v) is 7.11. The van der Waals surface area contributed by atoms with Gasteiger partial charge in [-0.15, -0.1) is 0 Å². The van der Waals surface area contributed by atoms with E-state index >= 15 is 0 Å². The first-order valence-electron chi connectivity index (χ1n) is 6.32. The molecule has 0 radical (unpaired) electrons. The average Bonchev–Trinajstić information content (AvgIpc) is 2.78. The summed E-state index contributed by atoms with van der Waals surface area (Å²) in [5.41, 5.74) is 5.57. The zero-order valence-corrected chi connectivity index (χ0v) is 12.1. The summed E-state index contributed by atoms with van der Waals surface area (Å²) in [7, 11) is 0. The first-order chi connectivity index (χ1) is 8.74. The molecular weight excluding hydrogens is 286 g/mol. The van der Waals surface area contributed by atoms with Crippen molar-refractivity contribution in [2.24, 2.45) is 0 Å². The van der Waals surface area contributed by atoms with Crippen molar-refractivity contribution in [3.05, 3.63) is 63.6 Å². The van der Waals surface area contributed by atoms with Crippen molar-refractivity contribution in [2.45, 2.75) is 19.9 Å². The molecule has 1 nitrogen and oxygen atoms in total. The summed E-state index contributed by atoms with van der Waals surface area (Å²) in [5, 5.41) is 0. The highest BCUT2D eigenvalue weighted by molar-refractivity contribution is 9.10. The fraction of sp³-hybridized carbons (Fsp3) is 0.250. The summed E-state index contributed by atoms with van der Waals surface area (Å²) in [5.74, 6) is 0. The van der Waals surface area contributed by atoms with E-state index in [0.29, 0.717) is 0 Å². The third-order valence-electron chi connectivity index (χ3n) is 3.58. The number of hydrogen-bond acceptors (Lipinski definition) is 1. The van der Waals surface area contributed by atoms with Gasteiger partial charge in [0.1, 0.15) is 0 Å². The Balaban J connectivity index is 1.84. The molecule has 92 valence electrons. The number of hydrogen-bond donors (Lipinski definition) is 0. The van der Waals surface area contributed by atoms with Gasteiger partial charge in [0.05, 0.1) is 0 Å². The monoisotopic (exact) mass is 301 g/mol. The molecule has 1 aliphatic rings. The van der Waals surface area contributed by atoms with E-state index in [-0.39, 0.29) is 0 Å². The van der Waals surface area contributed by atoms with Gasteiger partial charge < -0.3 is 4.90 Å². The Bertz CT molecular complexity index is 577. The van der Waals surface area contributed by atoms with Gasteiger partial charge in [-0.25, -0.2) is 0 Å². The Hall–Kier alpha value is -1.28. The van der Waals surface area contributed by atoms with Crippen molar-refractivity contribution in [3.8, 4) is 0 Å². The molecule has 0 aliphatic carbocycles. The molecule has 0 atom stereocenters. The van der Waals surface area contributed by atoms with Crippen molar-refractivity contribution in [1.82, 2.24) is 0 Å². The summed E-state index contributed by atoms with van der Waals surface area (Å²) < 4.78 is 1.19. The van der Waals surface area contributed by atoms with Crippen molar-refractivity contribution < 1.29 is 0 Å². The van der Waals surface area contributed by atoms with Gasteiger partial charge in [-0.05, 0) is 42.2 Å². The molecule has 1 aliphatic heterocycles. The largest absolute Gasteiger partial charge is 0.367 e. The Morgan fingerprint density at radius 1 is 1.17 bits per heavy atom. The van der Waals surface area contributed by atoms with Crippen LogP contribution in [0.4, 0.5) is 5.69 Å². The fourth-order valence-corrected chi connectivity index (χ4v) is 2.84. The molecule has 1 heterocycles. The molecule has 0 spiro atoms. The number of nitrogens with zero attached hydrogens (tertiary/aromatic N) is 1. The zero-order valence-electron chi connectivity index (χ0n) is 10.5. The molecule has 2 aromatic carbocycles. The summed E-state index contributed by atoms with van der Waals surface area (Å²) in [4.78, 5) is 2.47. The molecule has 0 saturated carbocycles. The van der Waals surface area contributed by atoms with E-state index in [0.717, 1.165) is 13.1 Å². The van der Waals surface area contributed by atoms with E-state index in [2.05, 4.69) is 70.2 Å². The first kappa shape index (κ1) is 11.8. The lowest BCUT2D eigenvalue weighted by atomic mass is 10.1. The minimum atomic E-state index is 1.01. The lowest BCUT2D eigenvalue weighted by Gasteiger charge is -2.19. The van der Waals surface area contributed by atoms with Crippen molar-refractivity contribution >= 4 is 21.6 Å². The van der Waals surface area contributed by atoms with Crippen LogP contribution in [0.25, 0.3) is 0 Å². The number of benzene rings is 2. The van der Waals surface area contributed by atoms with Crippen LogP contribution in [-0.2, 0) is 13.0 Å². The highest BCUT2D eigenvalue weighted by Crippen LogP contribution is 2.29. The number of anilines is 1. The van der Waals surface area contributed by atoms with E-state index in [1.807, 2.05) is 0 Å². The van der Waals surface area contributed by atoms with Crippen LogP contribution >= 0.6 is 15.9 Å². The molecule has 2 heteroatoms. The number of fused-ring (bicyclic) bond motifs is 1. The van der Waals surface area contributed by atoms with E-state index < -0.39 is 0 Å². The van der Waals surface area contributed by atoms with Gasteiger partial charge in [0.2, 0.25) is 0 Å². The molecule has 2 aromatic rings. The quantitative estimate of drug-likeness (QED) is 0.798. The predicted molar refractivity (Wildman–Crippen MR) is 80.1 cm³/mol. The predicted octanol–water partition coefficient (Wildman–Crippen LogP) is 4.32. The van der Waals surface area contributed by atoms with Crippen LogP contribution < -0.4 is 4.90 Å². The maximum atomic E-state index is 3.55. The van der Waals surface area contributed by atoms with Crippen LogP contribution in [0.3, 0.4) is 0 Å². The molecule has 0 fully saturated rings. The van der Waals surface area contributed by atoms with Crippen LogP contribution in [0.1, 0.15) is 16.7 Å². The molecule has 0 aromatic heterocycles. The van der Waals surface area contributed by atoms with E-state index in [9.17, 15) is 0 Å². The maximum Gasteiger partial charge on any atom is 0.0429 e.